The summed E-state index contributed by atoms with van der Waals surface area (Å²) in [5.41, 5.74) is 1.88. The second kappa shape index (κ2) is 7.26. The number of hydrogen-bond acceptors (Lipinski definition) is 3. The molecule has 2 heterocycles. The first-order chi connectivity index (χ1) is 12.8. The smallest absolute Gasteiger partial charge is 0.256 e. The summed E-state index contributed by atoms with van der Waals surface area (Å²) in [6.07, 6.45) is 4.30. The minimum Gasteiger partial charge on any atom is -0.396 e. The van der Waals surface area contributed by atoms with Gasteiger partial charge < -0.3 is 10.0 Å². The molecule has 2 aromatic carbocycles. The summed E-state index contributed by atoms with van der Waals surface area (Å²) in [7, 11) is 0. The molecule has 1 N–H and O–H groups in total. The number of carbonyl (C=O) groups excluding carboxylic acids is 1. The van der Waals surface area contributed by atoms with E-state index in [1.807, 2.05) is 47.4 Å². The summed E-state index contributed by atoms with van der Waals surface area (Å²) in [6.45, 7) is 1.34. The van der Waals surface area contributed by atoms with Crippen molar-refractivity contribution in [1.29, 1.82) is 0 Å². The molecule has 1 aromatic heterocycles. The van der Waals surface area contributed by atoms with E-state index in [-0.39, 0.29) is 24.3 Å². The lowest BCUT2D eigenvalue weighted by Gasteiger charge is -2.38. The molecule has 1 aliphatic heterocycles. The normalized spacial score (nSPS) is 20.3. The van der Waals surface area contributed by atoms with Gasteiger partial charge in [0.25, 0.3) is 5.91 Å². The zero-order valence-corrected chi connectivity index (χ0v) is 14.6. The number of aromatic nitrogens is 1. The Morgan fingerprint density at radius 2 is 1.85 bits per heavy atom. The Kier molecular flexibility index (Phi) is 4.67. The molecule has 4 nitrogen and oxygen atoms in total. The van der Waals surface area contributed by atoms with Crippen LogP contribution in [0, 0.1) is 5.92 Å². The maximum atomic E-state index is 13.1. The number of benzene rings is 2. The van der Waals surface area contributed by atoms with E-state index in [0.29, 0.717) is 18.7 Å². The molecule has 0 bridgehead atoms. The zero-order chi connectivity index (χ0) is 17.9. The van der Waals surface area contributed by atoms with E-state index in [0.717, 1.165) is 17.2 Å². The molecular weight excluding hydrogens is 324 g/mol. The minimum atomic E-state index is -0.000684. The lowest BCUT2D eigenvalue weighted by molar-refractivity contribution is 0.0579. The number of piperidine rings is 1. The van der Waals surface area contributed by atoms with Crippen molar-refractivity contribution in [2.45, 2.75) is 12.3 Å². The minimum absolute atomic E-state index is 0.000684. The third kappa shape index (κ3) is 3.08. The highest BCUT2D eigenvalue weighted by Gasteiger charge is 2.32. The number of aliphatic hydroxyl groups is 1. The molecule has 2 atom stereocenters. The molecule has 1 saturated heterocycles. The fourth-order valence-electron chi connectivity index (χ4n) is 4.00. The van der Waals surface area contributed by atoms with Gasteiger partial charge in [0.15, 0.2) is 0 Å². The van der Waals surface area contributed by atoms with Gasteiger partial charge >= 0.3 is 0 Å². The second-order valence-corrected chi connectivity index (χ2v) is 6.91. The van der Waals surface area contributed by atoms with Crippen LogP contribution in [0.1, 0.15) is 28.3 Å². The van der Waals surface area contributed by atoms with Crippen molar-refractivity contribution in [2.24, 2.45) is 5.92 Å². The molecular formula is C22H22N2O2. The van der Waals surface area contributed by atoms with Crippen molar-refractivity contribution >= 4 is 16.7 Å². The molecule has 1 aliphatic rings. The van der Waals surface area contributed by atoms with Crippen molar-refractivity contribution in [3.05, 3.63) is 78.1 Å². The van der Waals surface area contributed by atoms with E-state index in [1.54, 1.807) is 12.4 Å². The van der Waals surface area contributed by atoms with E-state index >= 15 is 0 Å². The first-order valence-corrected chi connectivity index (χ1v) is 9.05. The van der Waals surface area contributed by atoms with Gasteiger partial charge in [0.2, 0.25) is 0 Å². The Balaban J connectivity index is 1.58. The summed E-state index contributed by atoms with van der Waals surface area (Å²) >= 11 is 0. The van der Waals surface area contributed by atoms with Crippen LogP contribution in [0.25, 0.3) is 10.8 Å². The number of rotatable bonds is 3. The number of hydrogen-bond donors (Lipinski definition) is 1. The summed E-state index contributed by atoms with van der Waals surface area (Å²) in [6, 6.07) is 18.1. The summed E-state index contributed by atoms with van der Waals surface area (Å²) in [4.78, 5) is 19.2. The molecule has 0 unspecified atom stereocenters. The van der Waals surface area contributed by atoms with Crippen LogP contribution in [0.5, 0.6) is 0 Å². The van der Waals surface area contributed by atoms with E-state index in [4.69, 9.17) is 0 Å². The third-order valence-corrected chi connectivity index (χ3v) is 5.38. The van der Waals surface area contributed by atoms with E-state index in [2.05, 4.69) is 17.1 Å². The molecule has 1 fully saturated rings. The highest BCUT2D eigenvalue weighted by molar-refractivity contribution is 6.06. The molecule has 4 heteroatoms. The lowest BCUT2D eigenvalue weighted by atomic mass is 9.80. The van der Waals surface area contributed by atoms with Crippen molar-refractivity contribution in [1.82, 2.24) is 9.88 Å². The number of nitrogens with zero attached hydrogens (tertiary/aromatic N) is 2. The van der Waals surface area contributed by atoms with Gasteiger partial charge in [-0.15, -0.1) is 0 Å². The van der Waals surface area contributed by atoms with Gasteiger partial charge in [0.05, 0.1) is 5.56 Å². The Hall–Kier alpha value is -2.72. The van der Waals surface area contributed by atoms with Crippen LogP contribution >= 0.6 is 0 Å². The fourth-order valence-corrected chi connectivity index (χ4v) is 4.00. The van der Waals surface area contributed by atoms with Crippen molar-refractivity contribution in [3.63, 3.8) is 0 Å². The van der Waals surface area contributed by atoms with Gasteiger partial charge in [0.1, 0.15) is 0 Å². The maximum absolute atomic E-state index is 13.1. The topological polar surface area (TPSA) is 53.4 Å². The number of likely N-dealkylation sites (tertiary alicyclic amines) is 1. The van der Waals surface area contributed by atoms with Crippen molar-refractivity contribution in [2.75, 3.05) is 19.7 Å². The maximum Gasteiger partial charge on any atom is 0.256 e. The van der Waals surface area contributed by atoms with Gasteiger partial charge in [-0.25, -0.2) is 0 Å². The predicted molar refractivity (Wildman–Crippen MR) is 102 cm³/mol. The van der Waals surface area contributed by atoms with Gasteiger partial charge in [-0.2, -0.15) is 0 Å². The third-order valence-electron chi connectivity index (χ3n) is 5.38. The summed E-state index contributed by atoms with van der Waals surface area (Å²) < 4.78 is 0. The Labute approximate surface area is 153 Å². The lowest BCUT2D eigenvalue weighted by Crippen LogP contribution is -2.44. The fraction of sp³-hybridized carbons (Fsp3) is 0.273. The Morgan fingerprint density at radius 1 is 1.08 bits per heavy atom. The number of amides is 1. The van der Waals surface area contributed by atoms with Crippen LogP contribution < -0.4 is 0 Å². The number of fused-ring (bicyclic) bond motifs is 1. The average molecular weight is 346 g/mol. The van der Waals surface area contributed by atoms with Crippen molar-refractivity contribution < 1.29 is 9.90 Å². The van der Waals surface area contributed by atoms with Gasteiger partial charge in [0, 0.05) is 43.4 Å². The SMILES string of the molecule is O=C(c1cncc2ccccc12)N1CC[C@@H](c2ccccc2)[C@@H](CO)C1. The van der Waals surface area contributed by atoms with Gasteiger partial charge in [-0.05, 0) is 23.3 Å². The molecule has 132 valence electrons. The molecule has 1 amide bonds. The molecule has 0 spiro atoms. The van der Waals surface area contributed by atoms with Crippen LogP contribution in [0.3, 0.4) is 0 Å². The van der Waals surface area contributed by atoms with Crippen LogP contribution in [0.4, 0.5) is 0 Å². The van der Waals surface area contributed by atoms with E-state index in [1.165, 1.54) is 5.56 Å². The molecule has 3 aromatic rings. The highest BCUT2D eigenvalue weighted by atomic mass is 16.3. The van der Waals surface area contributed by atoms with Crippen LogP contribution in [-0.2, 0) is 0 Å². The van der Waals surface area contributed by atoms with Crippen molar-refractivity contribution in [3.8, 4) is 0 Å². The van der Waals surface area contributed by atoms with Crippen LogP contribution in [-0.4, -0.2) is 40.6 Å². The highest BCUT2D eigenvalue weighted by Crippen LogP contribution is 2.33. The first kappa shape index (κ1) is 16.7. The molecule has 4 rings (SSSR count). The van der Waals surface area contributed by atoms with E-state index in [9.17, 15) is 9.90 Å². The quantitative estimate of drug-likeness (QED) is 0.790. The zero-order valence-electron chi connectivity index (χ0n) is 14.6. The average Bonchev–Trinajstić information content (AvgIpc) is 2.73. The molecule has 0 saturated carbocycles. The van der Waals surface area contributed by atoms with Gasteiger partial charge in [-0.1, -0.05) is 54.6 Å². The Bertz CT molecular complexity index is 905. The number of pyridine rings is 1. The predicted octanol–water partition coefficient (Wildman–Crippen LogP) is 3.47. The van der Waals surface area contributed by atoms with Gasteiger partial charge in [-0.3, -0.25) is 9.78 Å². The summed E-state index contributed by atoms with van der Waals surface area (Å²) in [5, 5.41) is 11.8. The second-order valence-electron chi connectivity index (χ2n) is 6.91. The Morgan fingerprint density at radius 3 is 2.65 bits per heavy atom. The number of carbonyl (C=O) groups is 1. The first-order valence-electron chi connectivity index (χ1n) is 9.05. The van der Waals surface area contributed by atoms with Crippen LogP contribution in [0.2, 0.25) is 0 Å². The molecule has 0 radical (unpaired) electrons. The largest absolute Gasteiger partial charge is 0.396 e. The summed E-state index contributed by atoms with van der Waals surface area (Å²) in [5.74, 6) is 0.341. The van der Waals surface area contributed by atoms with Crippen LogP contribution in [0.15, 0.2) is 67.0 Å². The molecule has 26 heavy (non-hydrogen) atoms. The molecule has 0 aliphatic carbocycles. The monoisotopic (exact) mass is 346 g/mol. The standard InChI is InChI=1S/C22H22N2O2/c25-15-18-14-24(11-10-19(18)16-6-2-1-3-7-16)22(26)21-13-23-12-17-8-4-5-9-20(17)21/h1-9,12-13,18-19,25H,10-11,14-15H2/t18-,19+/m1/s1. The number of aliphatic hydroxyl groups excluding tert-OH is 1. The van der Waals surface area contributed by atoms with E-state index < -0.39 is 0 Å².